The summed E-state index contributed by atoms with van der Waals surface area (Å²) < 4.78 is 21.6. The van der Waals surface area contributed by atoms with Gasteiger partial charge in [-0.05, 0) is 31.0 Å². The smallest absolute Gasteiger partial charge is 0.222 e. The number of hydrogen-bond donors (Lipinski definition) is 1. The first kappa shape index (κ1) is 23.0. The summed E-state index contributed by atoms with van der Waals surface area (Å²) >= 11 is 0. The number of aromatic nitrogens is 2. The third kappa shape index (κ3) is 5.93. The first-order chi connectivity index (χ1) is 14.9. The summed E-state index contributed by atoms with van der Waals surface area (Å²) in [6.07, 6.45) is 0.544. The van der Waals surface area contributed by atoms with E-state index in [-0.39, 0.29) is 11.7 Å². The molecule has 6 heteroatoms. The van der Waals surface area contributed by atoms with Crippen LogP contribution in [0.2, 0.25) is 0 Å². The van der Waals surface area contributed by atoms with Crippen LogP contribution in [0.1, 0.15) is 32.8 Å². The number of aliphatic hydroxyl groups is 1. The Hall–Kier alpha value is -2.70. The standard InChI is InChI=1S/C25H32FN3O2/c1-5-14-29(17-23(30)18(2)3)16-22-24(19-10-7-6-8-11-19)27-28(4)25(22)31-21-13-9-12-20(26)15-21/h6-13,15,18,23,30H,5,14,16-17H2,1-4H3/t23-/m1/s1. The predicted molar refractivity (Wildman–Crippen MR) is 122 cm³/mol. The third-order valence-corrected chi connectivity index (χ3v) is 5.28. The largest absolute Gasteiger partial charge is 0.439 e. The van der Waals surface area contributed by atoms with E-state index in [0.29, 0.717) is 24.7 Å². The molecule has 0 aliphatic rings. The second kappa shape index (κ2) is 10.6. The number of benzene rings is 2. The minimum Gasteiger partial charge on any atom is -0.439 e. The Bertz CT molecular complexity index is 972. The summed E-state index contributed by atoms with van der Waals surface area (Å²) in [5.41, 5.74) is 2.74. The highest BCUT2D eigenvalue weighted by atomic mass is 19.1. The van der Waals surface area contributed by atoms with Gasteiger partial charge in [-0.15, -0.1) is 0 Å². The third-order valence-electron chi connectivity index (χ3n) is 5.28. The Morgan fingerprint density at radius 3 is 2.52 bits per heavy atom. The van der Waals surface area contributed by atoms with Gasteiger partial charge in [0.2, 0.25) is 5.88 Å². The van der Waals surface area contributed by atoms with E-state index in [1.807, 2.05) is 51.2 Å². The van der Waals surface area contributed by atoms with E-state index in [1.165, 1.54) is 12.1 Å². The van der Waals surface area contributed by atoms with Crippen LogP contribution in [0.5, 0.6) is 11.6 Å². The summed E-state index contributed by atoms with van der Waals surface area (Å²) in [6.45, 7) is 8.14. The van der Waals surface area contributed by atoms with Gasteiger partial charge >= 0.3 is 0 Å². The molecule has 1 atom stereocenters. The van der Waals surface area contributed by atoms with Crippen LogP contribution in [0, 0.1) is 11.7 Å². The first-order valence-corrected chi connectivity index (χ1v) is 10.8. The van der Waals surface area contributed by atoms with Crippen LogP contribution >= 0.6 is 0 Å². The number of halogens is 1. The fourth-order valence-corrected chi connectivity index (χ4v) is 3.54. The SMILES string of the molecule is CCCN(Cc1c(-c2ccccc2)nn(C)c1Oc1cccc(F)c1)C[C@@H](O)C(C)C. The van der Waals surface area contributed by atoms with Crippen LogP contribution in [0.25, 0.3) is 11.3 Å². The molecule has 0 fully saturated rings. The Kier molecular flexibility index (Phi) is 7.82. The molecule has 166 valence electrons. The maximum Gasteiger partial charge on any atom is 0.222 e. The molecule has 0 saturated heterocycles. The van der Waals surface area contributed by atoms with E-state index in [2.05, 4.69) is 11.8 Å². The molecule has 1 heterocycles. The highest BCUT2D eigenvalue weighted by molar-refractivity contribution is 5.65. The van der Waals surface area contributed by atoms with Gasteiger partial charge < -0.3 is 9.84 Å². The molecule has 31 heavy (non-hydrogen) atoms. The van der Waals surface area contributed by atoms with Gasteiger partial charge in [-0.3, -0.25) is 4.90 Å². The summed E-state index contributed by atoms with van der Waals surface area (Å²) in [4.78, 5) is 2.23. The molecule has 3 aromatic rings. The normalized spacial score (nSPS) is 12.5. The number of ether oxygens (including phenoxy) is 1. The molecule has 5 nitrogen and oxygen atoms in total. The average molecular weight is 426 g/mol. The minimum absolute atomic E-state index is 0.171. The van der Waals surface area contributed by atoms with E-state index in [1.54, 1.807) is 16.8 Å². The van der Waals surface area contributed by atoms with Crippen molar-refractivity contribution in [3.63, 3.8) is 0 Å². The molecule has 0 radical (unpaired) electrons. The van der Waals surface area contributed by atoms with Crippen molar-refractivity contribution >= 4 is 0 Å². The van der Waals surface area contributed by atoms with Crippen LogP contribution in [-0.2, 0) is 13.6 Å². The van der Waals surface area contributed by atoms with E-state index in [9.17, 15) is 9.50 Å². The van der Waals surface area contributed by atoms with Crippen molar-refractivity contribution in [3.05, 3.63) is 66.0 Å². The van der Waals surface area contributed by atoms with E-state index >= 15 is 0 Å². The fourth-order valence-electron chi connectivity index (χ4n) is 3.54. The summed E-state index contributed by atoms with van der Waals surface area (Å²) in [5.74, 6) is 0.819. The zero-order valence-electron chi connectivity index (χ0n) is 18.8. The van der Waals surface area contributed by atoms with Crippen LogP contribution in [0.15, 0.2) is 54.6 Å². The molecule has 0 bridgehead atoms. The van der Waals surface area contributed by atoms with Crippen molar-refractivity contribution in [2.75, 3.05) is 13.1 Å². The van der Waals surface area contributed by atoms with Gasteiger partial charge in [0, 0.05) is 31.8 Å². The highest BCUT2D eigenvalue weighted by Crippen LogP contribution is 2.34. The molecule has 0 unspecified atom stereocenters. The van der Waals surface area contributed by atoms with Gasteiger partial charge in [-0.2, -0.15) is 5.10 Å². The minimum atomic E-state index is -0.420. The van der Waals surface area contributed by atoms with Crippen LogP contribution < -0.4 is 4.74 Å². The quantitative estimate of drug-likeness (QED) is 0.482. The van der Waals surface area contributed by atoms with Crippen molar-refractivity contribution in [1.82, 2.24) is 14.7 Å². The molecule has 0 aliphatic heterocycles. The Balaban J connectivity index is 2.01. The van der Waals surface area contributed by atoms with Gasteiger partial charge in [-0.25, -0.2) is 9.07 Å². The van der Waals surface area contributed by atoms with E-state index < -0.39 is 6.10 Å². The van der Waals surface area contributed by atoms with Crippen molar-refractivity contribution in [3.8, 4) is 22.9 Å². The maximum absolute atomic E-state index is 13.7. The van der Waals surface area contributed by atoms with Gasteiger partial charge in [-0.1, -0.05) is 57.2 Å². The number of rotatable bonds is 10. The average Bonchev–Trinajstić information content (AvgIpc) is 3.04. The number of aliphatic hydroxyl groups excluding tert-OH is 1. The fraction of sp³-hybridized carbons (Fsp3) is 0.400. The van der Waals surface area contributed by atoms with E-state index in [0.717, 1.165) is 29.8 Å². The van der Waals surface area contributed by atoms with Crippen molar-refractivity contribution in [1.29, 1.82) is 0 Å². The number of hydrogen-bond acceptors (Lipinski definition) is 4. The maximum atomic E-state index is 13.7. The lowest BCUT2D eigenvalue weighted by molar-refractivity contribution is 0.0729. The van der Waals surface area contributed by atoms with Crippen molar-refractivity contribution < 1.29 is 14.2 Å². The zero-order chi connectivity index (χ0) is 22.4. The predicted octanol–water partition coefficient (Wildman–Crippen LogP) is 5.25. The van der Waals surface area contributed by atoms with Crippen molar-refractivity contribution in [2.45, 2.75) is 39.8 Å². The Labute approximate surface area is 184 Å². The molecule has 0 spiro atoms. The van der Waals surface area contributed by atoms with Gasteiger partial charge in [0.25, 0.3) is 0 Å². The van der Waals surface area contributed by atoms with Gasteiger partial charge in [0.15, 0.2) is 0 Å². The Morgan fingerprint density at radius 2 is 1.87 bits per heavy atom. The van der Waals surface area contributed by atoms with E-state index in [4.69, 9.17) is 9.84 Å². The summed E-state index contributed by atoms with van der Waals surface area (Å²) in [5, 5.41) is 15.2. The molecule has 3 rings (SSSR count). The molecule has 0 amide bonds. The second-order valence-corrected chi connectivity index (χ2v) is 8.23. The van der Waals surface area contributed by atoms with Crippen molar-refractivity contribution in [2.24, 2.45) is 13.0 Å². The van der Waals surface area contributed by atoms with Crippen LogP contribution in [-0.4, -0.2) is 39.0 Å². The van der Waals surface area contributed by atoms with Gasteiger partial charge in [0.05, 0.1) is 11.7 Å². The molecule has 1 aromatic heterocycles. The second-order valence-electron chi connectivity index (χ2n) is 8.23. The summed E-state index contributed by atoms with van der Waals surface area (Å²) in [7, 11) is 1.83. The Morgan fingerprint density at radius 1 is 1.13 bits per heavy atom. The molecule has 0 aliphatic carbocycles. The lowest BCUT2D eigenvalue weighted by Gasteiger charge is -2.26. The molecule has 2 aromatic carbocycles. The lowest BCUT2D eigenvalue weighted by Crippen LogP contribution is -2.35. The van der Waals surface area contributed by atoms with Crippen LogP contribution in [0.4, 0.5) is 4.39 Å². The van der Waals surface area contributed by atoms with Gasteiger partial charge in [0.1, 0.15) is 17.3 Å². The number of aryl methyl sites for hydroxylation is 1. The molecular weight excluding hydrogens is 393 g/mol. The first-order valence-electron chi connectivity index (χ1n) is 10.8. The topological polar surface area (TPSA) is 50.5 Å². The zero-order valence-corrected chi connectivity index (χ0v) is 18.8. The summed E-state index contributed by atoms with van der Waals surface area (Å²) in [6, 6.07) is 16.1. The molecule has 1 N–H and O–H groups in total. The number of nitrogens with zero attached hydrogens (tertiary/aromatic N) is 3. The molecular formula is C25H32FN3O2. The highest BCUT2D eigenvalue weighted by Gasteiger charge is 2.23. The van der Waals surface area contributed by atoms with Crippen LogP contribution in [0.3, 0.4) is 0 Å². The molecule has 0 saturated carbocycles. The lowest BCUT2D eigenvalue weighted by atomic mass is 10.0. The monoisotopic (exact) mass is 425 g/mol.